The van der Waals surface area contributed by atoms with Crippen LogP contribution in [-0.4, -0.2) is 52.1 Å². The first-order valence-electron chi connectivity index (χ1n) is 7.74. The second-order valence-electron chi connectivity index (χ2n) is 5.36. The smallest absolute Gasteiger partial charge is 0.191 e. The second-order valence-corrected chi connectivity index (χ2v) is 7.83. The Morgan fingerprint density at radius 3 is 2.62 bits per heavy atom. The number of nitrogens with one attached hydrogen (secondary N) is 2. The quantitative estimate of drug-likeness (QED) is 0.346. The molecule has 0 saturated heterocycles. The molecular weight excluding hydrogens is 441 g/mol. The van der Waals surface area contributed by atoms with E-state index in [0.717, 1.165) is 11.3 Å². The molecule has 1 rings (SSSR count). The van der Waals surface area contributed by atoms with E-state index in [1.165, 1.54) is 0 Å². The van der Waals surface area contributed by atoms with Crippen molar-refractivity contribution in [3.8, 4) is 5.75 Å². The number of rotatable bonds is 8. The summed E-state index contributed by atoms with van der Waals surface area (Å²) in [6.07, 6.45) is -0.0466. The number of hydrogen-bond donors (Lipinski definition) is 2. The van der Waals surface area contributed by atoms with Gasteiger partial charge in [-0.05, 0) is 31.5 Å². The van der Waals surface area contributed by atoms with Gasteiger partial charge < -0.3 is 15.4 Å². The minimum Gasteiger partial charge on any atom is -0.489 e. The van der Waals surface area contributed by atoms with Crippen LogP contribution in [0.4, 0.5) is 0 Å². The van der Waals surface area contributed by atoms with Gasteiger partial charge in [-0.3, -0.25) is 4.99 Å². The van der Waals surface area contributed by atoms with Crippen molar-refractivity contribution in [3.05, 3.63) is 29.8 Å². The summed E-state index contributed by atoms with van der Waals surface area (Å²) < 4.78 is 28.7. The van der Waals surface area contributed by atoms with Gasteiger partial charge in [0.25, 0.3) is 0 Å². The maximum Gasteiger partial charge on any atom is 0.191 e. The average Bonchev–Trinajstić information content (AvgIpc) is 2.50. The van der Waals surface area contributed by atoms with Crippen LogP contribution < -0.4 is 15.4 Å². The molecule has 1 atom stereocenters. The summed E-state index contributed by atoms with van der Waals surface area (Å²) in [5.74, 6) is 1.65. The Balaban J connectivity index is 0.00000529. The van der Waals surface area contributed by atoms with Crippen LogP contribution in [-0.2, 0) is 9.84 Å². The Labute approximate surface area is 162 Å². The molecule has 0 aliphatic heterocycles. The normalized spacial score (nSPS) is 12.9. The molecule has 0 bridgehead atoms. The molecule has 0 heterocycles. The molecule has 0 spiro atoms. The Bertz CT molecular complexity index is 621. The summed E-state index contributed by atoms with van der Waals surface area (Å²) in [6.45, 7) is 6.53. The summed E-state index contributed by atoms with van der Waals surface area (Å²) in [5.41, 5.74) is 1.15. The molecule has 0 saturated carbocycles. The number of guanidine groups is 1. The van der Waals surface area contributed by atoms with Gasteiger partial charge >= 0.3 is 0 Å². The van der Waals surface area contributed by atoms with Crippen LogP contribution in [0.15, 0.2) is 29.3 Å². The van der Waals surface area contributed by atoms with E-state index >= 15 is 0 Å². The number of sulfone groups is 1. The highest BCUT2D eigenvalue weighted by atomic mass is 127. The van der Waals surface area contributed by atoms with Crippen molar-refractivity contribution in [1.82, 2.24) is 10.6 Å². The van der Waals surface area contributed by atoms with Crippen LogP contribution in [0.5, 0.6) is 5.75 Å². The average molecular weight is 469 g/mol. The predicted octanol–water partition coefficient (Wildman–Crippen LogP) is 1.98. The molecule has 6 nitrogen and oxygen atoms in total. The van der Waals surface area contributed by atoms with E-state index in [0.29, 0.717) is 19.0 Å². The topological polar surface area (TPSA) is 79.8 Å². The van der Waals surface area contributed by atoms with Crippen molar-refractivity contribution >= 4 is 39.8 Å². The fraction of sp³-hybridized carbons (Fsp3) is 0.562. The fourth-order valence-electron chi connectivity index (χ4n) is 1.89. The van der Waals surface area contributed by atoms with Crippen molar-refractivity contribution in [2.24, 2.45) is 4.99 Å². The van der Waals surface area contributed by atoms with E-state index in [1.807, 2.05) is 38.1 Å². The third-order valence-electron chi connectivity index (χ3n) is 3.25. The van der Waals surface area contributed by atoms with Crippen LogP contribution in [0.2, 0.25) is 0 Å². The van der Waals surface area contributed by atoms with Gasteiger partial charge in [0.1, 0.15) is 11.9 Å². The molecule has 1 aromatic carbocycles. The monoisotopic (exact) mass is 469 g/mol. The van der Waals surface area contributed by atoms with Crippen molar-refractivity contribution in [3.63, 3.8) is 0 Å². The van der Waals surface area contributed by atoms with Crippen LogP contribution in [0.25, 0.3) is 0 Å². The zero-order chi connectivity index (χ0) is 17.3. The van der Waals surface area contributed by atoms with Gasteiger partial charge in [-0.25, -0.2) is 8.42 Å². The Morgan fingerprint density at radius 1 is 1.33 bits per heavy atom. The number of ether oxygens (including phenoxy) is 1. The third-order valence-corrected chi connectivity index (χ3v) is 4.96. The lowest BCUT2D eigenvalue weighted by molar-refractivity contribution is 0.223. The molecule has 0 radical (unpaired) electrons. The predicted molar refractivity (Wildman–Crippen MR) is 110 cm³/mol. The van der Waals surface area contributed by atoms with Gasteiger partial charge in [-0.1, -0.05) is 19.1 Å². The van der Waals surface area contributed by atoms with Crippen LogP contribution in [0.3, 0.4) is 0 Å². The van der Waals surface area contributed by atoms with Gasteiger partial charge in [0.15, 0.2) is 15.8 Å². The molecule has 0 amide bonds. The molecule has 24 heavy (non-hydrogen) atoms. The van der Waals surface area contributed by atoms with E-state index in [1.54, 1.807) is 14.0 Å². The zero-order valence-corrected chi connectivity index (χ0v) is 17.9. The van der Waals surface area contributed by atoms with Gasteiger partial charge in [0, 0.05) is 19.3 Å². The highest BCUT2D eigenvalue weighted by Crippen LogP contribution is 2.13. The number of nitrogens with zero attached hydrogens (tertiary/aromatic N) is 1. The Hall–Kier alpha value is -1.03. The molecule has 0 aliphatic carbocycles. The van der Waals surface area contributed by atoms with E-state index in [4.69, 9.17) is 4.74 Å². The van der Waals surface area contributed by atoms with Gasteiger partial charge in [0.05, 0.1) is 12.3 Å². The first-order chi connectivity index (χ1) is 10.9. The minimum atomic E-state index is -2.97. The van der Waals surface area contributed by atoms with E-state index in [9.17, 15) is 8.42 Å². The lowest BCUT2D eigenvalue weighted by Crippen LogP contribution is -2.43. The first-order valence-corrected chi connectivity index (χ1v) is 9.56. The fourth-order valence-corrected chi connectivity index (χ4v) is 2.59. The Morgan fingerprint density at radius 2 is 2.04 bits per heavy atom. The molecular formula is C16H28IN3O3S. The number of aryl methyl sites for hydroxylation is 1. The number of hydrogen-bond acceptors (Lipinski definition) is 4. The van der Waals surface area contributed by atoms with E-state index in [-0.39, 0.29) is 41.6 Å². The lowest BCUT2D eigenvalue weighted by Gasteiger charge is -2.18. The number of benzene rings is 1. The maximum absolute atomic E-state index is 11.4. The van der Waals surface area contributed by atoms with Gasteiger partial charge in [0.2, 0.25) is 0 Å². The molecule has 138 valence electrons. The molecule has 0 aliphatic rings. The van der Waals surface area contributed by atoms with Crippen molar-refractivity contribution in [1.29, 1.82) is 0 Å². The lowest BCUT2D eigenvalue weighted by atomic mass is 10.2. The summed E-state index contributed by atoms with van der Waals surface area (Å²) in [7, 11) is -1.32. The SMILES string of the molecule is CCS(=O)(=O)CCNC(=NC)NCC(C)Oc1cccc(C)c1.I. The van der Waals surface area contributed by atoms with Gasteiger partial charge in [-0.2, -0.15) is 0 Å². The van der Waals surface area contributed by atoms with E-state index in [2.05, 4.69) is 15.6 Å². The van der Waals surface area contributed by atoms with Crippen molar-refractivity contribution < 1.29 is 13.2 Å². The standard InChI is InChI=1S/C16H27N3O3S.HI/c1-5-23(20,21)10-9-18-16(17-4)19-12-14(3)22-15-8-6-7-13(2)11-15;/h6-8,11,14H,5,9-10,12H2,1-4H3,(H2,17,18,19);1H. The zero-order valence-electron chi connectivity index (χ0n) is 14.7. The van der Waals surface area contributed by atoms with Crippen molar-refractivity contribution in [2.75, 3.05) is 31.6 Å². The first kappa shape index (κ1) is 23.0. The molecule has 1 aromatic rings. The summed E-state index contributed by atoms with van der Waals surface area (Å²) in [6, 6.07) is 7.89. The number of halogens is 1. The van der Waals surface area contributed by atoms with E-state index < -0.39 is 9.84 Å². The molecule has 0 aromatic heterocycles. The third kappa shape index (κ3) is 9.31. The summed E-state index contributed by atoms with van der Waals surface area (Å²) >= 11 is 0. The van der Waals surface area contributed by atoms with Crippen LogP contribution in [0.1, 0.15) is 19.4 Å². The molecule has 8 heteroatoms. The summed E-state index contributed by atoms with van der Waals surface area (Å²) in [5, 5.41) is 6.12. The molecule has 0 fully saturated rings. The largest absolute Gasteiger partial charge is 0.489 e. The van der Waals surface area contributed by atoms with Crippen LogP contribution >= 0.6 is 24.0 Å². The van der Waals surface area contributed by atoms with Crippen molar-refractivity contribution in [2.45, 2.75) is 26.9 Å². The van der Waals surface area contributed by atoms with Gasteiger partial charge in [-0.15, -0.1) is 24.0 Å². The Kier molecular flexibility index (Phi) is 11.0. The summed E-state index contributed by atoms with van der Waals surface area (Å²) in [4.78, 5) is 4.07. The maximum atomic E-state index is 11.4. The molecule has 2 N–H and O–H groups in total. The molecule has 1 unspecified atom stereocenters. The second kappa shape index (κ2) is 11.5. The number of aliphatic imine (C=N–C) groups is 1. The minimum absolute atomic E-state index is 0. The van der Waals surface area contributed by atoms with Crippen LogP contribution in [0, 0.1) is 6.92 Å². The highest BCUT2D eigenvalue weighted by molar-refractivity contribution is 14.0. The highest BCUT2D eigenvalue weighted by Gasteiger charge is 2.09.